The number of aromatic nitrogens is 2. The van der Waals surface area contributed by atoms with Gasteiger partial charge in [0.25, 0.3) is 0 Å². The molecule has 2 aliphatic rings. The Balaban J connectivity index is 1.55. The highest BCUT2D eigenvalue weighted by atomic mass is 32.2. The van der Waals surface area contributed by atoms with Gasteiger partial charge in [-0.2, -0.15) is 4.98 Å². The number of hydrogen-bond donors (Lipinski definition) is 3. The lowest BCUT2D eigenvalue weighted by Crippen LogP contribution is -2.37. The van der Waals surface area contributed by atoms with E-state index in [1.807, 2.05) is 6.07 Å². The molecule has 32 heavy (non-hydrogen) atoms. The molecule has 174 valence electrons. The van der Waals surface area contributed by atoms with E-state index in [-0.39, 0.29) is 0 Å². The van der Waals surface area contributed by atoms with Crippen molar-refractivity contribution in [3.05, 3.63) is 35.5 Å². The van der Waals surface area contributed by atoms with Gasteiger partial charge in [-0.05, 0) is 71.9 Å². The standard InChI is InChI=1S/C22H32N6O3S/c1-22(2,3)32(29,30)27-17-7-5-6-16(12-17)23-20-18-13-31-14-19(18)25-21(26-20)24-15-8-10-28(4)11-9-15/h5-7,12,15,27H,8-11,13-14H2,1-4H3,(H2,23,24,25,26). The SMILES string of the molecule is CN1CCC(Nc2nc3c(c(Nc4cccc(NS(=O)(=O)C(C)(C)C)c4)n2)COC3)CC1. The van der Waals surface area contributed by atoms with Gasteiger partial charge in [0.15, 0.2) is 0 Å². The Hall–Kier alpha value is -2.43. The summed E-state index contributed by atoms with van der Waals surface area (Å²) < 4.78 is 32.4. The molecule has 1 saturated heterocycles. The normalized spacial score (nSPS) is 17.8. The minimum atomic E-state index is -3.51. The molecule has 1 fully saturated rings. The summed E-state index contributed by atoms with van der Waals surface area (Å²) in [5, 5.41) is 6.82. The lowest BCUT2D eigenvalue weighted by molar-refractivity contribution is 0.133. The van der Waals surface area contributed by atoms with Gasteiger partial charge in [0.2, 0.25) is 16.0 Å². The molecule has 0 aliphatic carbocycles. The molecule has 0 amide bonds. The Bertz CT molecular complexity index is 1080. The third kappa shape index (κ3) is 5.13. The molecule has 1 aromatic carbocycles. The van der Waals surface area contributed by atoms with Gasteiger partial charge >= 0.3 is 0 Å². The number of rotatable bonds is 6. The van der Waals surface area contributed by atoms with Crippen LogP contribution in [0.3, 0.4) is 0 Å². The zero-order valence-electron chi connectivity index (χ0n) is 19.1. The zero-order valence-corrected chi connectivity index (χ0v) is 19.9. The first kappa shape index (κ1) is 22.8. The van der Waals surface area contributed by atoms with E-state index in [4.69, 9.17) is 9.72 Å². The molecule has 1 aromatic heterocycles. The summed E-state index contributed by atoms with van der Waals surface area (Å²) in [6.45, 7) is 8.01. The van der Waals surface area contributed by atoms with Crippen LogP contribution in [-0.2, 0) is 28.0 Å². The number of benzene rings is 1. The van der Waals surface area contributed by atoms with Gasteiger partial charge in [0, 0.05) is 17.3 Å². The third-order valence-corrected chi connectivity index (χ3v) is 7.93. The van der Waals surface area contributed by atoms with Crippen LogP contribution in [0.15, 0.2) is 24.3 Å². The largest absolute Gasteiger partial charge is 0.370 e. The summed E-state index contributed by atoms with van der Waals surface area (Å²) in [4.78, 5) is 11.7. The van der Waals surface area contributed by atoms with Crippen LogP contribution in [0, 0.1) is 0 Å². The molecule has 9 nitrogen and oxygen atoms in total. The molecule has 0 unspecified atom stereocenters. The molecule has 4 rings (SSSR count). The highest BCUT2D eigenvalue weighted by molar-refractivity contribution is 7.94. The monoisotopic (exact) mass is 460 g/mol. The molecule has 10 heteroatoms. The highest BCUT2D eigenvalue weighted by Crippen LogP contribution is 2.30. The maximum absolute atomic E-state index is 12.5. The van der Waals surface area contributed by atoms with Gasteiger partial charge in [0.05, 0.1) is 29.3 Å². The predicted octanol–water partition coefficient (Wildman–Crippen LogP) is 3.30. The molecule has 0 radical (unpaired) electrons. The van der Waals surface area contributed by atoms with Crippen LogP contribution in [0.4, 0.5) is 23.1 Å². The van der Waals surface area contributed by atoms with Crippen molar-refractivity contribution in [2.45, 2.75) is 57.6 Å². The Morgan fingerprint density at radius 1 is 1.09 bits per heavy atom. The van der Waals surface area contributed by atoms with Crippen molar-refractivity contribution >= 4 is 33.2 Å². The van der Waals surface area contributed by atoms with Crippen molar-refractivity contribution in [1.82, 2.24) is 14.9 Å². The Kier molecular flexibility index (Phi) is 6.28. The van der Waals surface area contributed by atoms with Gasteiger partial charge in [-0.1, -0.05) is 6.07 Å². The Labute approximate surface area is 190 Å². The van der Waals surface area contributed by atoms with Crippen LogP contribution in [-0.4, -0.2) is 54.2 Å². The molecule has 3 N–H and O–H groups in total. The first-order chi connectivity index (χ1) is 15.1. The van der Waals surface area contributed by atoms with Gasteiger partial charge in [0.1, 0.15) is 5.82 Å². The number of fused-ring (bicyclic) bond motifs is 1. The number of anilines is 4. The quantitative estimate of drug-likeness (QED) is 0.603. The summed E-state index contributed by atoms with van der Waals surface area (Å²) in [6, 6.07) is 7.52. The van der Waals surface area contributed by atoms with E-state index in [0.29, 0.717) is 36.7 Å². The van der Waals surface area contributed by atoms with E-state index in [0.717, 1.165) is 42.9 Å². The third-order valence-electron chi connectivity index (χ3n) is 5.81. The number of hydrogen-bond acceptors (Lipinski definition) is 8. The van der Waals surface area contributed by atoms with Crippen molar-refractivity contribution in [1.29, 1.82) is 0 Å². The van der Waals surface area contributed by atoms with Crippen molar-refractivity contribution in [2.75, 3.05) is 35.5 Å². The van der Waals surface area contributed by atoms with Crippen LogP contribution in [0.2, 0.25) is 0 Å². The Morgan fingerprint density at radius 3 is 2.53 bits per heavy atom. The van der Waals surface area contributed by atoms with Crippen LogP contribution < -0.4 is 15.4 Å². The second-order valence-corrected chi connectivity index (χ2v) is 11.9. The van der Waals surface area contributed by atoms with E-state index < -0.39 is 14.8 Å². The van der Waals surface area contributed by atoms with Crippen LogP contribution in [0.5, 0.6) is 0 Å². The average Bonchev–Trinajstić information content (AvgIpc) is 3.18. The number of likely N-dealkylation sites (tertiary alicyclic amines) is 1. The van der Waals surface area contributed by atoms with Crippen molar-refractivity contribution in [3.63, 3.8) is 0 Å². The van der Waals surface area contributed by atoms with Gasteiger partial charge in [-0.3, -0.25) is 4.72 Å². The highest BCUT2D eigenvalue weighted by Gasteiger charge is 2.29. The van der Waals surface area contributed by atoms with Crippen molar-refractivity contribution < 1.29 is 13.2 Å². The molecular formula is C22H32N6O3S. The van der Waals surface area contributed by atoms with E-state index >= 15 is 0 Å². The van der Waals surface area contributed by atoms with Gasteiger partial charge < -0.3 is 20.3 Å². The van der Waals surface area contributed by atoms with Crippen LogP contribution in [0.1, 0.15) is 44.9 Å². The molecular weight excluding hydrogens is 428 g/mol. The minimum Gasteiger partial charge on any atom is -0.370 e. The minimum absolute atomic E-state index is 0.342. The van der Waals surface area contributed by atoms with Crippen molar-refractivity contribution in [2.24, 2.45) is 0 Å². The number of sulfonamides is 1. The lowest BCUT2D eigenvalue weighted by Gasteiger charge is -2.29. The second-order valence-electron chi connectivity index (χ2n) is 9.46. The summed E-state index contributed by atoms with van der Waals surface area (Å²) >= 11 is 0. The Morgan fingerprint density at radius 2 is 1.81 bits per heavy atom. The van der Waals surface area contributed by atoms with E-state index in [9.17, 15) is 8.42 Å². The first-order valence-electron chi connectivity index (χ1n) is 10.9. The average molecular weight is 461 g/mol. The van der Waals surface area contributed by atoms with Gasteiger partial charge in [-0.25, -0.2) is 13.4 Å². The number of piperidine rings is 1. The molecule has 0 saturated carbocycles. The van der Waals surface area contributed by atoms with E-state index in [2.05, 4.69) is 32.3 Å². The van der Waals surface area contributed by atoms with Crippen LogP contribution in [0.25, 0.3) is 0 Å². The predicted molar refractivity (Wildman–Crippen MR) is 127 cm³/mol. The topological polar surface area (TPSA) is 108 Å². The molecule has 0 bridgehead atoms. The summed E-state index contributed by atoms with van der Waals surface area (Å²) in [5.74, 6) is 1.27. The fourth-order valence-electron chi connectivity index (χ4n) is 3.66. The summed E-state index contributed by atoms with van der Waals surface area (Å²) in [6.07, 6.45) is 2.10. The summed E-state index contributed by atoms with van der Waals surface area (Å²) in [7, 11) is -1.38. The maximum atomic E-state index is 12.5. The first-order valence-corrected chi connectivity index (χ1v) is 12.4. The molecule has 3 heterocycles. The fraction of sp³-hybridized carbons (Fsp3) is 0.545. The van der Waals surface area contributed by atoms with Crippen molar-refractivity contribution in [3.8, 4) is 0 Å². The van der Waals surface area contributed by atoms with Gasteiger partial charge in [-0.15, -0.1) is 0 Å². The van der Waals surface area contributed by atoms with E-state index in [1.165, 1.54) is 0 Å². The molecule has 2 aromatic rings. The number of nitrogens with zero attached hydrogens (tertiary/aromatic N) is 3. The van der Waals surface area contributed by atoms with E-state index in [1.54, 1.807) is 39.0 Å². The summed E-state index contributed by atoms with van der Waals surface area (Å²) in [5.41, 5.74) is 3.04. The fourth-order valence-corrected chi connectivity index (χ4v) is 4.40. The number of nitrogens with one attached hydrogen (secondary N) is 3. The zero-order chi connectivity index (χ0) is 22.9. The maximum Gasteiger partial charge on any atom is 0.237 e. The molecule has 0 spiro atoms. The van der Waals surface area contributed by atoms with Crippen LogP contribution >= 0.6 is 0 Å². The molecule has 2 aliphatic heterocycles. The number of ether oxygens (including phenoxy) is 1. The lowest BCUT2D eigenvalue weighted by atomic mass is 10.1. The molecule has 0 atom stereocenters. The smallest absolute Gasteiger partial charge is 0.237 e. The second kappa shape index (κ2) is 8.84.